The minimum Gasteiger partial charge on any atom is -0.394 e. The first-order valence-corrected chi connectivity index (χ1v) is 12.9. The van der Waals surface area contributed by atoms with Gasteiger partial charge < -0.3 is 33.5 Å². The van der Waals surface area contributed by atoms with Gasteiger partial charge in [-0.1, -0.05) is 60.7 Å². The highest BCUT2D eigenvalue weighted by molar-refractivity contribution is 7.53. The molecule has 0 radical (unpaired) electrons. The van der Waals surface area contributed by atoms with Crippen LogP contribution in [0.1, 0.15) is 25.0 Å². The molecule has 2 N–H and O–H groups in total. The van der Waals surface area contributed by atoms with Crippen LogP contribution in [-0.4, -0.2) is 60.3 Å². The van der Waals surface area contributed by atoms with Crippen molar-refractivity contribution in [3.05, 3.63) is 71.8 Å². The van der Waals surface area contributed by atoms with Gasteiger partial charge in [-0.15, -0.1) is 0 Å². The molecule has 0 aliphatic carbocycles. The zero-order chi connectivity index (χ0) is 23.7. The van der Waals surface area contributed by atoms with Crippen LogP contribution in [0.4, 0.5) is 0 Å². The van der Waals surface area contributed by atoms with E-state index in [-0.39, 0.29) is 26.4 Å². The fourth-order valence-electron chi connectivity index (χ4n) is 3.86. The van der Waals surface area contributed by atoms with E-state index in [9.17, 15) is 14.8 Å². The molecule has 0 saturated carbocycles. The van der Waals surface area contributed by atoms with Crippen LogP contribution in [0.25, 0.3) is 0 Å². The van der Waals surface area contributed by atoms with E-state index in [1.54, 1.807) is 13.8 Å². The van der Waals surface area contributed by atoms with Crippen molar-refractivity contribution in [3.63, 3.8) is 0 Å². The molecular formula is C24H33O8P. The predicted octanol–water partition coefficient (Wildman–Crippen LogP) is 3.50. The Morgan fingerprint density at radius 2 is 1.42 bits per heavy atom. The summed E-state index contributed by atoms with van der Waals surface area (Å²) in [5.74, 6) is -2.05. The summed E-state index contributed by atoms with van der Waals surface area (Å²) in [5.41, 5.74) is 1.80. The predicted molar refractivity (Wildman–Crippen MR) is 123 cm³/mol. The Kier molecular flexibility index (Phi) is 9.61. The van der Waals surface area contributed by atoms with Crippen LogP contribution >= 0.6 is 7.60 Å². The molecule has 1 fully saturated rings. The Bertz CT molecular complexity index is 871. The first kappa shape index (κ1) is 26.0. The number of hydrogen-bond donors (Lipinski definition) is 2. The lowest BCUT2D eigenvalue weighted by Gasteiger charge is -2.32. The van der Waals surface area contributed by atoms with E-state index < -0.39 is 44.5 Å². The van der Waals surface area contributed by atoms with Crippen LogP contribution in [0.3, 0.4) is 0 Å². The number of benzene rings is 2. The molecule has 0 bridgehead atoms. The highest BCUT2D eigenvalue weighted by Gasteiger charge is 2.59. The molecule has 8 nitrogen and oxygen atoms in total. The Labute approximate surface area is 194 Å². The summed E-state index contributed by atoms with van der Waals surface area (Å²) in [6, 6.07) is 19.0. The summed E-state index contributed by atoms with van der Waals surface area (Å²) >= 11 is 0. The standard InChI is InChI=1S/C24H33O8P/c1-3-30-33(27,31-4-2)18-24(26)23(29-17-20-13-9-6-10-14-20)22(21(15-25)32-24)28-16-19-11-7-5-8-12-19/h5-14,21-23,25-26H,3-4,15-18H2,1-2H3/t21-,22-,23+,24?/m1/s1. The maximum Gasteiger partial charge on any atom is 0.336 e. The Balaban J connectivity index is 1.85. The molecule has 0 spiro atoms. The van der Waals surface area contributed by atoms with Crippen LogP contribution in [0.15, 0.2) is 60.7 Å². The van der Waals surface area contributed by atoms with E-state index in [2.05, 4.69) is 0 Å². The van der Waals surface area contributed by atoms with Gasteiger partial charge in [0, 0.05) is 0 Å². The van der Waals surface area contributed by atoms with Gasteiger partial charge in [-0.2, -0.15) is 0 Å². The molecule has 9 heteroatoms. The van der Waals surface area contributed by atoms with E-state index in [4.69, 9.17) is 23.3 Å². The fourth-order valence-corrected chi connectivity index (χ4v) is 5.72. The summed E-state index contributed by atoms with van der Waals surface area (Å²) in [7, 11) is -3.70. The number of aliphatic hydroxyl groups excluding tert-OH is 1. The van der Waals surface area contributed by atoms with Crippen molar-refractivity contribution in [3.8, 4) is 0 Å². The summed E-state index contributed by atoms with van der Waals surface area (Å²) < 4.78 is 42.0. The highest BCUT2D eigenvalue weighted by Crippen LogP contribution is 2.53. The highest BCUT2D eigenvalue weighted by atomic mass is 31.2. The van der Waals surface area contributed by atoms with Gasteiger partial charge in [0.15, 0.2) is 0 Å². The van der Waals surface area contributed by atoms with Gasteiger partial charge in [-0.3, -0.25) is 4.57 Å². The first-order valence-electron chi connectivity index (χ1n) is 11.1. The quantitative estimate of drug-likeness (QED) is 0.420. The number of aliphatic hydroxyl groups is 2. The second-order valence-corrected chi connectivity index (χ2v) is 9.82. The smallest absolute Gasteiger partial charge is 0.336 e. The van der Waals surface area contributed by atoms with E-state index in [0.29, 0.717) is 0 Å². The van der Waals surface area contributed by atoms with Crippen LogP contribution in [0.5, 0.6) is 0 Å². The summed E-state index contributed by atoms with van der Waals surface area (Å²) in [4.78, 5) is 0. The second kappa shape index (κ2) is 12.2. The van der Waals surface area contributed by atoms with Crippen molar-refractivity contribution in [2.24, 2.45) is 0 Å². The Hall–Kier alpha value is -1.61. The maximum atomic E-state index is 13.2. The molecule has 3 rings (SSSR count). The van der Waals surface area contributed by atoms with Gasteiger partial charge in [-0.25, -0.2) is 0 Å². The van der Waals surface area contributed by atoms with E-state index >= 15 is 0 Å². The third-order valence-corrected chi connectivity index (χ3v) is 7.42. The monoisotopic (exact) mass is 480 g/mol. The van der Waals surface area contributed by atoms with Gasteiger partial charge in [0.1, 0.15) is 24.5 Å². The fraction of sp³-hybridized carbons (Fsp3) is 0.500. The van der Waals surface area contributed by atoms with Crippen molar-refractivity contribution in [2.75, 3.05) is 26.0 Å². The molecule has 33 heavy (non-hydrogen) atoms. The molecular weight excluding hydrogens is 447 g/mol. The van der Waals surface area contributed by atoms with Gasteiger partial charge in [0.2, 0.25) is 5.79 Å². The van der Waals surface area contributed by atoms with Crippen LogP contribution in [-0.2, 0) is 41.0 Å². The molecule has 1 aliphatic heterocycles. The molecule has 0 amide bonds. The average Bonchev–Trinajstić information content (AvgIpc) is 3.07. The molecule has 4 atom stereocenters. The second-order valence-electron chi connectivity index (χ2n) is 7.77. The zero-order valence-corrected chi connectivity index (χ0v) is 19.9. The van der Waals surface area contributed by atoms with E-state index in [0.717, 1.165) is 11.1 Å². The normalized spacial score (nSPS) is 25.4. The largest absolute Gasteiger partial charge is 0.394 e. The molecule has 1 saturated heterocycles. The molecule has 2 aromatic carbocycles. The first-order chi connectivity index (χ1) is 15.9. The summed E-state index contributed by atoms with van der Waals surface area (Å²) in [5, 5.41) is 21.5. The number of ether oxygens (including phenoxy) is 3. The van der Waals surface area contributed by atoms with Crippen molar-refractivity contribution in [2.45, 2.75) is 51.2 Å². The Morgan fingerprint density at radius 1 is 0.909 bits per heavy atom. The molecule has 1 aliphatic rings. The molecule has 1 unspecified atom stereocenters. The summed E-state index contributed by atoms with van der Waals surface area (Å²) in [6.45, 7) is 3.63. The molecule has 1 heterocycles. The summed E-state index contributed by atoms with van der Waals surface area (Å²) in [6.07, 6.45) is -3.22. The van der Waals surface area contributed by atoms with Crippen molar-refractivity contribution >= 4 is 7.60 Å². The topological polar surface area (TPSA) is 104 Å². The lowest BCUT2D eigenvalue weighted by molar-refractivity contribution is -0.229. The van der Waals surface area contributed by atoms with Crippen LogP contribution in [0, 0.1) is 0 Å². The van der Waals surface area contributed by atoms with E-state index in [1.807, 2.05) is 60.7 Å². The maximum absolute atomic E-state index is 13.2. The molecule has 182 valence electrons. The van der Waals surface area contributed by atoms with Crippen molar-refractivity contribution in [1.29, 1.82) is 0 Å². The van der Waals surface area contributed by atoms with Crippen molar-refractivity contribution in [1.82, 2.24) is 0 Å². The lowest BCUT2D eigenvalue weighted by Crippen LogP contribution is -2.48. The SMILES string of the molecule is CCOP(=O)(CC1(O)O[C@H](CO)[C@@H](OCc2ccccc2)[C@@H]1OCc1ccccc1)OCC. The molecule has 0 aromatic heterocycles. The zero-order valence-electron chi connectivity index (χ0n) is 19.0. The van der Waals surface area contributed by atoms with Crippen molar-refractivity contribution < 1.29 is 38.0 Å². The van der Waals surface area contributed by atoms with Gasteiger partial charge in [0.05, 0.1) is 33.0 Å². The van der Waals surface area contributed by atoms with Gasteiger partial charge >= 0.3 is 7.60 Å². The minimum atomic E-state index is -3.70. The number of rotatable bonds is 13. The third-order valence-electron chi connectivity index (χ3n) is 5.27. The number of hydrogen-bond acceptors (Lipinski definition) is 8. The average molecular weight is 480 g/mol. The van der Waals surface area contributed by atoms with Gasteiger partial charge in [0.25, 0.3) is 0 Å². The lowest BCUT2D eigenvalue weighted by atomic mass is 10.1. The van der Waals surface area contributed by atoms with E-state index in [1.165, 1.54) is 0 Å². The van der Waals surface area contributed by atoms with Crippen LogP contribution in [0.2, 0.25) is 0 Å². The molecule has 2 aromatic rings. The van der Waals surface area contributed by atoms with Gasteiger partial charge in [-0.05, 0) is 25.0 Å². The third kappa shape index (κ3) is 6.94. The minimum absolute atomic E-state index is 0.139. The Morgan fingerprint density at radius 3 is 1.91 bits per heavy atom. The van der Waals surface area contributed by atoms with Crippen LogP contribution < -0.4 is 0 Å².